The molecule has 3 rings (SSSR count). The molecule has 0 atom stereocenters. The normalized spacial score (nSPS) is 10.7. The lowest BCUT2D eigenvalue weighted by molar-refractivity contribution is 0.0527. The highest BCUT2D eigenvalue weighted by molar-refractivity contribution is 7.18. The van der Waals surface area contributed by atoms with Crippen LogP contribution < -0.4 is 10.6 Å². The lowest BCUT2D eigenvalue weighted by atomic mass is 10.1. The van der Waals surface area contributed by atoms with E-state index in [2.05, 4.69) is 15.6 Å². The van der Waals surface area contributed by atoms with Gasteiger partial charge in [-0.25, -0.2) is 9.18 Å². The highest BCUT2D eigenvalue weighted by Gasteiger charge is 2.27. The van der Waals surface area contributed by atoms with Gasteiger partial charge in [0.05, 0.1) is 28.1 Å². The van der Waals surface area contributed by atoms with Gasteiger partial charge < -0.3 is 15.4 Å². The van der Waals surface area contributed by atoms with Crippen LogP contribution in [0.4, 0.5) is 9.39 Å². The maximum Gasteiger partial charge on any atom is 0.341 e. The molecule has 0 unspecified atom stereocenters. The quantitative estimate of drug-likeness (QED) is 0.601. The molecule has 2 amide bonds. The highest BCUT2D eigenvalue weighted by atomic mass is 32.1. The average Bonchev–Trinajstić information content (AvgIpc) is 3.02. The monoisotopic (exact) mass is 429 g/mol. The first-order valence-corrected chi connectivity index (χ1v) is 9.99. The van der Waals surface area contributed by atoms with Crippen molar-refractivity contribution in [3.05, 3.63) is 57.3 Å². The van der Waals surface area contributed by atoms with Crippen LogP contribution >= 0.6 is 11.3 Å². The molecule has 0 fully saturated rings. The number of carbonyl (C=O) groups excluding carboxylic acids is 3. The molecule has 0 saturated heterocycles. The molecule has 3 aromatic rings. The topological polar surface area (TPSA) is 97.4 Å². The number of carbonyl (C=O) groups is 3. The fourth-order valence-electron chi connectivity index (χ4n) is 3.07. The first-order valence-electron chi connectivity index (χ1n) is 9.17. The molecule has 1 aromatic carbocycles. The Kier molecular flexibility index (Phi) is 6.12. The second-order valence-electron chi connectivity index (χ2n) is 6.49. The van der Waals surface area contributed by atoms with E-state index in [-0.39, 0.29) is 28.6 Å². The molecule has 2 N–H and O–H groups in total. The minimum absolute atomic E-state index is 0.134. The van der Waals surface area contributed by atoms with Crippen molar-refractivity contribution in [1.82, 2.24) is 10.3 Å². The summed E-state index contributed by atoms with van der Waals surface area (Å²) in [5, 5.41) is 5.91. The standard InChI is InChI=1S/C21H20FN3O4S/c1-5-29-21(28)16-11(3)17(19(27)23-4)30-20(16)25-18(26)14-8-10(2)24-15-9-12(22)6-7-13(14)15/h6-9H,5H2,1-4H3,(H,23,27)(H,25,26). The number of halogens is 1. The molecule has 30 heavy (non-hydrogen) atoms. The summed E-state index contributed by atoms with van der Waals surface area (Å²) in [5.74, 6) is -1.97. The van der Waals surface area contributed by atoms with Gasteiger partial charge in [0.25, 0.3) is 11.8 Å². The summed E-state index contributed by atoms with van der Waals surface area (Å²) in [6.45, 7) is 5.14. The third-order valence-corrected chi connectivity index (χ3v) is 5.64. The number of hydrogen-bond acceptors (Lipinski definition) is 6. The second kappa shape index (κ2) is 8.58. The SMILES string of the molecule is CCOC(=O)c1c(NC(=O)c2cc(C)nc3cc(F)ccc23)sc(C(=O)NC)c1C. The Labute approximate surface area is 176 Å². The van der Waals surface area contributed by atoms with E-state index in [1.807, 2.05) is 0 Å². The number of nitrogens with zero attached hydrogens (tertiary/aromatic N) is 1. The molecule has 2 aromatic heterocycles. The number of thiophene rings is 1. The first kappa shape index (κ1) is 21.4. The summed E-state index contributed by atoms with van der Waals surface area (Å²) in [6, 6.07) is 5.56. The number of pyridine rings is 1. The Morgan fingerprint density at radius 3 is 2.57 bits per heavy atom. The maximum atomic E-state index is 13.6. The number of anilines is 1. The number of nitrogens with one attached hydrogen (secondary N) is 2. The van der Waals surface area contributed by atoms with Crippen molar-refractivity contribution in [1.29, 1.82) is 0 Å². The van der Waals surface area contributed by atoms with E-state index >= 15 is 0 Å². The predicted octanol–water partition coefficient (Wildman–Crippen LogP) is 3.84. The Morgan fingerprint density at radius 1 is 1.17 bits per heavy atom. The smallest absolute Gasteiger partial charge is 0.341 e. The Morgan fingerprint density at radius 2 is 1.90 bits per heavy atom. The van der Waals surface area contributed by atoms with Crippen LogP contribution in [0.15, 0.2) is 24.3 Å². The summed E-state index contributed by atoms with van der Waals surface area (Å²) in [7, 11) is 1.48. The van der Waals surface area contributed by atoms with E-state index in [1.54, 1.807) is 26.8 Å². The fourth-order valence-corrected chi connectivity index (χ4v) is 4.21. The number of ether oxygens (including phenoxy) is 1. The molecule has 9 heteroatoms. The number of aromatic nitrogens is 1. The minimum Gasteiger partial charge on any atom is -0.462 e. The number of esters is 1. The molecule has 0 radical (unpaired) electrons. The summed E-state index contributed by atoms with van der Waals surface area (Å²) < 4.78 is 18.7. The Bertz CT molecular complexity index is 1170. The van der Waals surface area contributed by atoms with Crippen molar-refractivity contribution in [2.24, 2.45) is 0 Å². The van der Waals surface area contributed by atoms with Crippen LogP contribution in [0.1, 0.15) is 48.6 Å². The lowest BCUT2D eigenvalue weighted by Gasteiger charge is -2.10. The van der Waals surface area contributed by atoms with Gasteiger partial charge in [-0.2, -0.15) is 0 Å². The molecule has 0 aliphatic rings. The zero-order valence-electron chi connectivity index (χ0n) is 16.9. The molecular weight excluding hydrogens is 409 g/mol. The molecule has 0 saturated carbocycles. The summed E-state index contributed by atoms with van der Waals surface area (Å²) in [5.41, 5.74) is 1.72. The van der Waals surface area contributed by atoms with Crippen LogP contribution in [0.2, 0.25) is 0 Å². The van der Waals surface area contributed by atoms with Crippen LogP contribution in [0.5, 0.6) is 0 Å². The van der Waals surface area contributed by atoms with Gasteiger partial charge >= 0.3 is 5.97 Å². The van der Waals surface area contributed by atoms with Crippen molar-refractivity contribution < 1.29 is 23.5 Å². The van der Waals surface area contributed by atoms with Crippen LogP contribution in [-0.2, 0) is 4.74 Å². The van der Waals surface area contributed by atoms with Crippen molar-refractivity contribution in [2.45, 2.75) is 20.8 Å². The molecule has 0 bridgehead atoms. The zero-order chi connectivity index (χ0) is 22.0. The third-order valence-electron chi connectivity index (χ3n) is 4.43. The van der Waals surface area contributed by atoms with Crippen molar-refractivity contribution in [3.63, 3.8) is 0 Å². The molecule has 7 nitrogen and oxygen atoms in total. The van der Waals surface area contributed by atoms with Gasteiger partial charge in [0.2, 0.25) is 0 Å². The largest absolute Gasteiger partial charge is 0.462 e. The van der Waals surface area contributed by atoms with E-state index in [9.17, 15) is 18.8 Å². The number of hydrogen-bond donors (Lipinski definition) is 2. The van der Waals surface area contributed by atoms with Crippen molar-refractivity contribution in [3.8, 4) is 0 Å². The van der Waals surface area contributed by atoms with Crippen molar-refractivity contribution >= 4 is 45.0 Å². The summed E-state index contributed by atoms with van der Waals surface area (Å²) >= 11 is 0.988. The van der Waals surface area contributed by atoms with E-state index in [0.29, 0.717) is 27.0 Å². The Balaban J connectivity index is 2.08. The zero-order valence-corrected chi connectivity index (χ0v) is 17.7. The van der Waals surface area contributed by atoms with E-state index in [0.717, 1.165) is 11.3 Å². The highest BCUT2D eigenvalue weighted by Crippen LogP contribution is 2.34. The van der Waals surface area contributed by atoms with Gasteiger partial charge in [-0.05, 0) is 44.5 Å². The van der Waals surface area contributed by atoms with Gasteiger partial charge in [-0.15, -0.1) is 11.3 Å². The van der Waals surface area contributed by atoms with E-state index in [1.165, 1.54) is 25.2 Å². The number of fused-ring (bicyclic) bond motifs is 1. The van der Waals surface area contributed by atoms with Crippen LogP contribution in [0, 0.1) is 19.7 Å². The summed E-state index contributed by atoms with van der Waals surface area (Å²) in [4.78, 5) is 42.3. The molecule has 156 valence electrons. The maximum absolute atomic E-state index is 13.6. The lowest BCUT2D eigenvalue weighted by Crippen LogP contribution is -2.18. The molecule has 2 heterocycles. The third kappa shape index (κ3) is 4.02. The van der Waals surface area contributed by atoms with E-state index < -0.39 is 17.7 Å². The van der Waals surface area contributed by atoms with Crippen LogP contribution in [0.25, 0.3) is 10.9 Å². The Hall–Kier alpha value is -3.33. The van der Waals surface area contributed by atoms with E-state index in [4.69, 9.17) is 4.74 Å². The summed E-state index contributed by atoms with van der Waals surface area (Å²) in [6.07, 6.45) is 0. The molecular formula is C21H20FN3O4S. The number of amides is 2. The van der Waals surface area contributed by atoms with Crippen LogP contribution in [-0.4, -0.2) is 36.4 Å². The van der Waals surface area contributed by atoms with Crippen molar-refractivity contribution in [2.75, 3.05) is 19.0 Å². The number of benzene rings is 1. The van der Waals surface area contributed by atoms with Gasteiger partial charge in [0.15, 0.2) is 0 Å². The first-order chi connectivity index (χ1) is 14.3. The molecule has 0 aliphatic carbocycles. The average molecular weight is 429 g/mol. The number of aryl methyl sites for hydroxylation is 1. The van der Waals surface area contributed by atoms with Gasteiger partial charge in [-0.3, -0.25) is 14.6 Å². The number of rotatable bonds is 5. The van der Waals surface area contributed by atoms with Crippen LogP contribution in [0.3, 0.4) is 0 Å². The van der Waals surface area contributed by atoms with Gasteiger partial charge in [0.1, 0.15) is 10.8 Å². The predicted molar refractivity (Wildman–Crippen MR) is 113 cm³/mol. The second-order valence-corrected chi connectivity index (χ2v) is 7.51. The fraction of sp³-hybridized carbons (Fsp3) is 0.238. The van der Waals surface area contributed by atoms with Gasteiger partial charge in [-0.1, -0.05) is 0 Å². The molecule has 0 aliphatic heterocycles. The van der Waals surface area contributed by atoms with Gasteiger partial charge in [0, 0.05) is 24.2 Å². The minimum atomic E-state index is -0.630. The molecule has 0 spiro atoms.